The number of phenolic OH excluding ortho intramolecular Hbond substituents is 1. The molecule has 1 aromatic heterocycles. The lowest BCUT2D eigenvalue weighted by Gasteiger charge is -2.34. The predicted octanol–water partition coefficient (Wildman–Crippen LogP) is -1.54. The fourth-order valence-corrected chi connectivity index (χ4v) is 12.2. The maximum absolute atomic E-state index is 14.7. The Morgan fingerprint density at radius 2 is 1.45 bits per heavy atom. The molecule has 4 aromatic rings. The quantitative estimate of drug-likeness (QED) is 0.0173. The zero-order chi connectivity index (χ0) is 68.0. The summed E-state index contributed by atoms with van der Waals surface area (Å²) in [5.41, 5.74) is 7.46. The molecule has 3 aliphatic heterocycles. The van der Waals surface area contributed by atoms with Crippen LogP contribution in [0.3, 0.4) is 0 Å². The molecule has 7 rings (SSSR count). The molecule has 3 fully saturated rings. The molecule has 13 unspecified atom stereocenters. The van der Waals surface area contributed by atoms with Crippen molar-refractivity contribution in [2.24, 2.45) is 11.7 Å². The summed E-state index contributed by atoms with van der Waals surface area (Å²) in [5.74, 6) is -11.2. The molecule has 0 bridgehead atoms. The minimum absolute atomic E-state index is 0.0237. The molecule has 4 heterocycles. The lowest BCUT2D eigenvalue weighted by atomic mass is 9.96. The van der Waals surface area contributed by atoms with Crippen molar-refractivity contribution in [2.75, 3.05) is 40.0 Å². The summed E-state index contributed by atoms with van der Waals surface area (Å²) < 4.78 is 20.2. The number of carbonyl (C=O) groups excluding carboxylic acids is 8. The number of aromatic hydroxyl groups is 1. The average molecular weight is 1340 g/mol. The number of fused-ring (bicyclic) bond motifs is 2. The highest BCUT2D eigenvalue weighted by Crippen LogP contribution is 2.36. The zero-order valence-corrected chi connectivity index (χ0v) is 52.9. The molecular weight excluding hydrogens is 1260 g/mol. The SMILES string of the molecule is COCCCCCCOc1ccc(-c2nnc(-c3cc(C)c(C(=O)N[C@H]4CC(O)CNC(=O)C5C(O)C(C)CN5C(=O)C(C(O)CC(N)=O)NC(=O)C(C(O)C(O)c5ccc(O)c(OSOOO)c5)NC(=O)C5CC(O)CN5C(=O)C(C(C)O)NC4=O)cc3C)s2)cc1. The van der Waals surface area contributed by atoms with Gasteiger partial charge in [-0.05, 0) is 105 Å². The van der Waals surface area contributed by atoms with Gasteiger partial charge in [0.25, 0.3) is 18.2 Å². The van der Waals surface area contributed by atoms with Crippen molar-refractivity contribution in [3.8, 4) is 38.4 Å². The van der Waals surface area contributed by atoms with Crippen LogP contribution in [0.4, 0.5) is 0 Å². The van der Waals surface area contributed by atoms with Crippen LogP contribution in [-0.4, -0.2) is 226 Å². The minimum atomic E-state index is -2.53. The van der Waals surface area contributed by atoms with Crippen LogP contribution in [0, 0.1) is 19.8 Å². The van der Waals surface area contributed by atoms with Crippen molar-refractivity contribution in [1.82, 2.24) is 46.6 Å². The molecule has 508 valence electrons. The molecule has 93 heavy (non-hydrogen) atoms. The van der Waals surface area contributed by atoms with Crippen molar-refractivity contribution < 1.29 is 107 Å². The van der Waals surface area contributed by atoms with Gasteiger partial charge in [-0.1, -0.05) is 40.1 Å². The molecule has 0 saturated carbocycles. The first-order chi connectivity index (χ1) is 44.2. The molecule has 0 aliphatic carbocycles. The maximum Gasteiger partial charge on any atom is 0.261 e. The number of amides is 8. The standard InChI is InChI=1S/C59H78N10O22S2/c1-27-19-37(57-67-66-56(92-57)31-10-13-35(14-11-31)88-17-9-7-6-8-16-87-5)28(2)18-36(27)51(79)62-38-21-33(71)24-61-55(83)47-48(76)29(3)25-69(47)59(85)45(41(74)23-43(60)75)64-54(82)46(50(78)49(77)32-12-15-40(73)42(20-32)89-93-91-90-86)65-53(81)39-22-34(72)26-68(39)58(84)44(30(4)70)63-52(38)80/h10-15,18-20,29-30,33-34,38-39,41,44-50,70-74,76-78,86H,6-9,16-17,21-26H2,1-5H3,(H2,60,75)(H,61,83)(H,62,79)(H,63,80)(H,64,82)(H,65,81)/t29?,30?,33?,34?,38-,39?,41?,44?,45?,46?,47?,48?,49?,50?/m0/s1. The van der Waals surface area contributed by atoms with Crippen LogP contribution in [0.1, 0.15) is 91.9 Å². The maximum atomic E-state index is 14.7. The number of aryl methyl sites for hydroxylation is 2. The number of methoxy groups -OCH3 is 1. The summed E-state index contributed by atoms with van der Waals surface area (Å²) in [7, 11) is 1.68. The Hall–Kier alpha value is -7.71. The third kappa shape index (κ3) is 18.6. The van der Waals surface area contributed by atoms with Gasteiger partial charge >= 0.3 is 0 Å². The van der Waals surface area contributed by atoms with E-state index in [4.69, 9.17) is 24.6 Å². The van der Waals surface area contributed by atoms with Crippen LogP contribution >= 0.6 is 23.7 Å². The summed E-state index contributed by atoms with van der Waals surface area (Å²) >= 11 is 1.27. The van der Waals surface area contributed by atoms with Crippen molar-refractivity contribution in [3.63, 3.8) is 0 Å². The first-order valence-electron chi connectivity index (χ1n) is 29.7. The molecule has 14 atom stereocenters. The summed E-state index contributed by atoms with van der Waals surface area (Å²) in [5, 5.41) is 124. The summed E-state index contributed by atoms with van der Waals surface area (Å²) in [6.07, 6.45) is -12.2. The van der Waals surface area contributed by atoms with Gasteiger partial charge in [-0.2, -0.15) is 0 Å². The van der Waals surface area contributed by atoms with Crippen molar-refractivity contribution in [3.05, 3.63) is 76.9 Å². The smallest absolute Gasteiger partial charge is 0.261 e. The highest BCUT2D eigenvalue weighted by Gasteiger charge is 2.50. The number of benzene rings is 3. The Kier molecular flexibility index (Phi) is 26.1. The number of carbonyl (C=O) groups is 8. The van der Waals surface area contributed by atoms with E-state index in [-0.39, 0.29) is 23.5 Å². The van der Waals surface area contributed by atoms with Crippen LogP contribution in [0.15, 0.2) is 54.6 Å². The number of hydrogen-bond donors (Lipinski definition) is 15. The Labute approximate surface area is 541 Å². The zero-order valence-electron chi connectivity index (χ0n) is 51.3. The van der Waals surface area contributed by atoms with Gasteiger partial charge in [0.1, 0.15) is 64.2 Å². The minimum Gasteiger partial charge on any atom is -0.504 e. The van der Waals surface area contributed by atoms with Crippen LogP contribution in [-0.2, 0) is 47.7 Å². The number of rotatable bonds is 23. The third-order valence-corrected chi connectivity index (χ3v) is 17.4. The summed E-state index contributed by atoms with van der Waals surface area (Å²) in [6.45, 7) is 5.31. The second kappa shape index (κ2) is 33.4. The van der Waals surface area contributed by atoms with Gasteiger partial charge in [-0.3, -0.25) is 38.4 Å². The highest BCUT2D eigenvalue weighted by molar-refractivity contribution is 7.90. The second-order valence-corrected chi connectivity index (χ2v) is 24.4. The largest absolute Gasteiger partial charge is 0.504 e. The van der Waals surface area contributed by atoms with Crippen molar-refractivity contribution in [2.45, 2.75) is 152 Å². The normalized spacial score (nSPS) is 24.9. The number of nitrogens with zero attached hydrogens (tertiary/aromatic N) is 4. The van der Waals surface area contributed by atoms with E-state index >= 15 is 0 Å². The van der Waals surface area contributed by atoms with Gasteiger partial charge in [0.2, 0.25) is 41.4 Å². The molecule has 3 aromatic carbocycles. The lowest BCUT2D eigenvalue weighted by molar-refractivity contribution is -0.433. The molecule has 3 aliphatic rings. The molecule has 16 N–H and O–H groups in total. The topological polar surface area (TPSA) is 483 Å². The molecule has 34 heteroatoms. The monoisotopic (exact) mass is 1340 g/mol. The number of unbranched alkanes of at least 4 members (excludes halogenated alkanes) is 3. The number of ether oxygens (including phenoxy) is 2. The van der Waals surface area contributed by atoms with Crippen LogP contribution < -0.4 is 41.2 Å². The molecular formula is C59H78N10O22S2. The molecule has 0 radical (unpaired) electrons. The van der Waals surface area contributed by atoms with E-state index in [0.717, 1.165) is 72.8 Å². The number of aliphatic hydroxyl groups excluding tert-OH is 7. The van der Waals surface area contributed by atoms with Gasteiger partial charge in [-0.25, -0.2) is 5.26 Å². The Morgan fingerprint density at radius 1 is 0.785 bits per heavy atom. The fraction of sp³-hybridized carbons (Fsp3) is 0.525. The summed E-state index contributed by atoms with van der Waals surface area (Å²) in [6, 6.07) is 1.27. The molecule has 3 saturated heterocycles. The van der Waals surface area contributed by atoms with E-state index in [9.17, 15) is 79.2 Å². The van der Waals surface area contributed by atoms with E-state index in [2.05, 4.69) is 46.2 Å². The number of β-amino-alcohol motifs (C(OH)–C–C–N with tert-alkyl or cyclic N) is 1. The Bertz CT molecular complexity index is 3290. The van der Waals surface area contributed by atoms with Gasteiger partial charge in [0.15, 0.2) is 11.5 Å². The van der Waals surface area contributed by atoms with E-state index in [1.165, 1.54) is 24.3 Å². The second-order valence-electron chi connectivity index (χ2n) is 23.0. The van der Waals surface area contributed by atoms with E-state index < -0.39 is 183 Å². The summed E-state index contributed by atoms with van der Waals surface area (Å²) in [4.78, 5) is 116. The third-order valence-electron chi connectivity index (χ3n) is 16.0. The van der Waals surface area contributed by atoms with Crippen LogP contribution in [0.2, 0.25) is 0 Å². The fourth-order valence-electron chi connectivity index (χ4n) is 11.0. The molecule has 32 nitrogen and oxygen atoms in total. The molecule has 0 spiro atoms. The number of nitrogens with one attached hydrogen (secondary N) is 5. The van der Waals surface area contributed by atoms with Gasteiger partial charge < -0.3 is 96.6 Å². The number of nitrogens with two attached hydrogens (primary N) is 1. The number of aromatic nitrogens is 2. The predicted molar refractivity (Wildman–Crippen MR) is 327 cm³/mol. The first-order valence-corrected chi connectivity index (χ1v) is 31.2. The number of primary amides is 1. The lowest BCUT2D eigenvalue weighted by Crippen LogP contribution is -2.64. The van der Waals surface area contributed by atoms with Gasteiger partial charge in [0.05, 0.1) is 43.5 Å². The van der Waals surface area contributed by atoms with Crippen LogP contribution in [0.25, 0.3) is 21.1 Å². The van der Waals surface area contributed by atoms with Crippen LogP contribution in [0.5, 0.6) is 17.2 Å². The number of phenols is 1. The van der Waals surface area contributed by atoms with Crippen molar-refractivity contribution in [1.29, 1.82) is 0 Å². The highest BCUT2D eigenvalue weighted by atomic mass is 32.2. The average Bonchev–Trinajstić information content (AvgIpc) is 1.75. The number of hydrogen-bond acceptors (Lipinski definition) is 26. The Morgan fingerprint density at radius 3 is 2.13 bits per heavy atom. The molecule has 8 amide bonds. The Balaban J connectivity index is 1.20. The van der Waals surface area contributed by atoms with E-state index in [1.807, 2.05) is 24.3 Å². The van der Waals surface area contributed by atoms with Gasteiger partial charge in [-0.15, -0.1) is 10.2 Å². The van der Waals surface area contributed by atoms with Gasteiger partial charge in [0, 0.05) is 68.8 Å². The van der Waals surface area contributed by atoms with Crippen molar-refractivity contribution >= 4 is 70.9 Å². The number of aliphatic hydroxyl groups is 7. The van der Waals surface area contributed by atoms with E-state index in [1.54, 1.807) is 27.0 Å². The van der Waals surface area contributed by atoms with E-state index in [0.29, 0.717) is 39.1 Å². The first kappa shape index (κ1) is 72.7.